The molecule has 0 spiro atoms. The van der Waals surface area contributed by atoms with E-state index in [2.05, 4.69) is 4.98 Å². The Bertz CT molecular complexity index is 410. The Hall–Kier alpha value is -1.55. The number of para-hydroxylation sites is 1. The van der Waals surface area contributed by atoms with Gasteiger partial charge in [0.2, 0.25) is 0 Å². The fourth-order valence-corrected chi connectivity index (χ4v) is 1.86. The van der Waals surface area contributed by atoms with E-state index in [-0.39, 0.29) is 0 Å². The van der Waals surface area contributed by atoms with E-state index in [4.69, 9.17) is 5.73 Å². The first kappa shape index (κ1) is 9.02. The topological polar surface area (TPSA) is 42.2 Å². The van der Waals surface area contributed by atoms with Gasteiger partial charge in [0.1, 0.15) is 5.00 Å². The Balaban J connectivity index is 2.29. The molecule has 0 bridgehead atoms. The van der Waals surface area contributed by atoms with Gasteiger partial charge in [-0.05, 0) is 12.1 Å². The van der Waals surface area contributed by atoms with Gasteiger partial charge < -0.3 is 10.6 Å². The Morgan fingerprint density at radius 1 is 1.29 bits per heavy atom. The number of aromatic nitrogens is 1. The first-order chi connectivity index (χ1) is 6.77. The molecule has 0 saturated carbocycles. The zero-order valence-corrected chi connectivity index (χ0v) is 8.66. The first-order valence-electron chi connectivity index (χ1n) is 4.27. The molecule has 0 aliphatic rings. The van der Waals surface area contributed by atoms with Crippen molar-refractivity contribution in [3.8, 4) is 0 Å². The predicted molar refractivity (Wildman–Crippen MR) is 61.0 cm³/mol. The fourth-order valence-electron chi connectivity index (χ4n) is 1.19. The molecule has 2 aromatic rings. The van der Waals surface area contributed by atoms with Gasteiger partial charge in [-0.2, -0.15) is 0 Å². The minimum atomic E-state index is 0.739. The van der Waals surface area contributed by atoms with E-state index in [0.29, 0.717) is 0 Å². The third-order valence-corrected chi connectivity index (χ3v) is 2.84. The zero-order valence-electron chi connectivity index (χ0n) is 7.84. The van der Waals surface area contributed by atoms with Crippen LogP contribution in [-0.4, -0.2) is 12.0 Å². The highest BCUT2D eigenvalue weighted by atomic mass is 32.1. The Morgan fingerprint density at radius 3 is 2.57 bits per heavy atom. The third-order valence-electron chi connectivity index (χ3n) is 1.94. The maximum atomic E-state index is 5.62. The van der Waals surface area contributed by atoms with Crippen LogP contribution in [0.3, 0.4) is 0 Å². The summed E-state index contributed by atoms with van der Waals surface area (Å²) < 4.78 is 0. The summed E-state index contributed by atoms with van der Waals surface area (Å²) >= 11 is 1.48. The molecule has 72 valence electrons. The number of nitrogen functional groups attached to an aromatic ring is 1. The number of nitrogens with two attached hydrogens (primary N) is 1. The SMILES string of the molecule is CN(c1ccccc1)c1ncc(N)s1. The molecule has 1 aromatic carbocycles. The van der Waals surface area contributed by atoms with Crippen molar-refractivity contribution in [2.24, 2.45) is 0 Å². The largest absolute Gasteiger partial charge is 0.389 e. The van der Waals surface area contributed by atoms with Crippen LogP contribution >= 0.6 is 11.3 Å². The average Bonchev–Trinajstić information content (AvgIpc) is 2.65. The van der Waals surface area contributed by atoms with E-state index in [1.165, 1.54) is 11.3 Å². The first-order valence-corrected chi connectivity index (χ1v) is 5.09. The monoisotopic (exact) mass is 205 g/mol. The molecular formula is C10H11N3S. The van der Waals surface area contributed by atoms with Gasteiger partial charge in [-0.1, -0.05) is 29.5 Å². The van der Waals surface area contributed by atoms with Gasteiger partial charge in [-0.15, -0.1) is 0 Å². The van der Waals surface area contributed by atoms with Crippen molar-refractivity contribution < 1.29 is 0 Å². The number of anilines is 3. The third kappa shape index (κ3) is 1.70. The highest BCUT2D eigenvalue weighted by molar-refractivity contribution is 7.19. The van der Waals surface area contributed by atoms with Gasteiger partial charge in [0, 0.05) is 12.7 Å². The van der Waals surface area contributed by atoms with Crippen molar-refractivity contribution in [1.82, 2.24) is 4.98 Å². The minimum Gasteiger partial charge on any atom is -0.389 e. The average molecular weight is 205 g/mol. The molecule has 0 aliphatic heterocycles. The van der Waals surface area contributed by atoms with Crippen molar-refractivity contribution in [3.05, 3.63) is 36.5 Å². The number of rotatable bonds is 2. The minimum absolute atomic E-state index is 0.739. The van der Waals surface area contributed by atoms with Crippen molar-refractivity contribution in [2.75, 3.05) is 17.7 Å². The van der Waals surface area contributed by atoms with E-state index < -0.39 is 0 Å². The van der Waals surface area contributed by atoms with Gasteiger partial charge in [0.25, 0.3) is 0 Å². The van der Waals surface area contributed by atoms with Gasteiger partial charge in [0.15, 0.2) is 5.13 Å². The maximum Gasteiger partial charge on any atom is 0.191 e. The van der Waals surface area contributed by atoms with E-state index in [9.17, 15) is 0 Å². The van der Waals surface area contributed by atoms with Crippen LogP contribution in [-0.2, 0) is 0 Å². The van der Waals surface area contributed by atoms with E-state index in [1.807, 2.05) is 42.3 Å². The molecule has 0 atom stereocenters. The van der Waals surface area contributed by atoms with Crippen molar-refractivity contribution in [3.63, 3.8) is 0 Å². The van der Waals surface area contributed by atoms with Gasteiger partial charge in [-0.3, -0.25) is 0 Å². The molecule has 0 saturated heterocycles. The lowest BCUT2D eigenvalue weighted by atomic mass is 10.3. The molecule has 0 amide bonds. The lowest BCUT2D eigenvalue weighted by molar-refractivity contribution is 1.17. The quantitative estimate of drug-likeness (QED) is 0.819. The summed E-state index contributed by atoms with van der Waals surface area (Å²) in [6, 6.07) is 10.1. The van der Waals surface area contributed by atoms with E-state index in [1.54, 1.807) is 6.20 Å². The lowest BCUT2D eigenvalue weighted by Gasteiger charge is -2.14. The number of thiazole rings is 1. The molecular weight excluding hydrogens is 194 g/mol. The maximum absolute atomic E-state index is 5.62. The Labute approximate surface area is 86.8 Å². The second-order valence-electron chi connectivity index (χ2n) is 2.94. The van der Waals surface area contributed by atoms with Crippen LogP contribution < -0.4 is 10.6 Å². The van der Waals surface area contributed by atoms with Crippen LogP contribution in [0.2, 0.25) is 0 Å². The molecule has 0 radical (unpaired) electrons. The second-order valence-corrected chi connectivity index (χ2v) is 3.98. The molecule has 0 unspecified atom stereocenters. The molecule has 14 heavy (non-hydrogen) atoms. The number of hydrogen-bond acceptors (Lipinski definition) is 4. The highest BCUT2D eigenvalue weighted by Crippen LogP contribution is 2.28. The standard InChI is InChI=1S/C10H11N3S/c1-13(8-5-3-2-4-6-8)10-12-7-9(11)14-10/h2-7H,11H2,1H3. The number of benzene rings is 1. The summed E-state index contributed by atoms with van der Waals surface area (Å²) in [5, 5.41) is 1.65. The van der Waals surface area contributed by atoms with E-state index >= 15 is 0 Å². The molecule has 1 heterocycles. The number of nitrogens with zero attached hydrogens (tertiary/aromatic N) is 2. The smallest absolute Gasteiger partial charge is 0.191 e. The van der Waals surface area contributed by atoms with Gasteiger partial charge in [0.05, 0.1) is 6.20 Å². The summed E-state index contributed by atoms with van der Waals surface area (Å²) in [6.45, 7) is 0. The summed E-state index contributed by atoms with van der Waals surface area (Å²) in [7, 11) is 1.98. The zero-order chi connectivity index (χ0) is 9.97. The summed E-state index contributed by atoms with van der Waals surface area (Å²) in [5.74, 6) is 0. The summed E-state index contributed by atoms with van der Waals surface area (Å²) in [4.78, 5) is 6.23. The van der Waals surface area contributed by atoms with Gasteiger partial charge >= 0.3 is 0 Å². The van der Waals surface area contributed by atoms with Crippen LogP contribution in [0.4, 0.5) is 15.8 Å². The normalized spacial score (nSPS) is 10.1. The molecule has 2 N–H and O–H groups in total. The Kier molecular flexibility index (Phi) is 2.37. The second kappa shape index (κ2) is 3.67. The highest BCUT2D eigenvalue weighted by Gasteiger charge is 2.06. The molecule has 0 aliphatic carbocycles. The molecule has 4 heteroatoms. The molecule has 2 rings (SSSR count). The van der Waals surface area contributed by atoms with Crippen molar-refractivity contribution >= 4 is 27.2 Å². The van der Waals surface area contributed by atoms with E-state index in [0.717, 1.165) is 15.8 Å². The molecule has 3 nitrogen and oxygen atoms in total. The van der Waals surface area contributed by atoms with Crippen LogP contribution in [0.1, 0.15) is 0 Å². The number of hydrogen-bond donors (Lipinski definition) is 1. The fraction of sp³-hybridized carbons (Fsp3) is 0.100. The van der Waals surface area contributed by atoms with Crippen LogP contribution in [0.15, 0.2) is 36.5 Å². The summed E-state index contributed by atoms with van der Waals surface area (Å²) in [6.07, 6.45) is 1.68. The van der Waals surface area contributed by atoms with Crippen LogP contribution in [0, 0.1) is 0 Å². The molecule has 0 fully saturated rings. The van der Waals surface area contributed by atoms with Crippen molar-refractivity contribution in [2.45, 2.75) is 0 Å². The Morgan fingerprint density at radius 2 is 2.00 bits per heavy atom. The van der Waals surface area contributed by atoms with Crippen LogP contribution in [0.5, 0.6) is 0 Å². The predicted octanol–water partition coefficient (Wildman–Crippen LogP) is 2.49. The molecule has 1 aromatic heterocycles. The summed E-state index contributed by atoms with van der Waals surface area (Å²) in [5.41, 5.74) is 6.74. The lowest BCUT2D eigenvalue weighted by Crippen LogP contribution is -2.08. The van der Waals surface area contributed by atoms with Gasteiger partial charge in [-0.25, -0.2) is 4.98 Å². The van der Waals surface area contributed by atoms with Crippen molar-refractivity contribution in [1.29, 1.82) is 0 Å². The van der Waals surface area contributed by atoms with Crippen LogP contribution in [0.25, 0.3) is 0 Å².